The van der Waals surface area contributed by atoms with E-state index in [1.165, 1.54) is 0 Å². The summed E-state index contributed by atoms with van der Waals surface area (Å²) in [4.78, 5) is 14.9. The molecule has 1 amide bonds. The van der Waals surface area contributed by atoms with Gasteiger partial charge in [0.25, 0.3) is 5.91 Å². The fourth-order valence-electron chi connectivity index (χ4n) is 5.01. The van der Waals surface area contributed by atoms with Crippen LogP contribution in [-0.2, 0) is 0 Å². The molecule has 1 heterocycles. The van der Waals surface area contributed by atoms with Crippen LogP contribution in [0.15, 0.2) is 24.3 Å². The van der Waals surface area contributed by atoms with Gasteiger partial charge in [0.1, 0.15) is 5.75 Å². The molecule has 2 fully saturated rings. The van der Waals surface area contributed by atoms with Crippen LogP contribution in [0.3, 0.4) is 0 Å². The van der Waals surface area contributed by atoms with Crippen LogP contribution < -0.4 is 10.1 Å². The quantitative estimate of drug-likeness (QED) is 0.884. The molecule has 2 N–H and O–H groups in total. The van der Waals surface area contributed by atoms with Crippen molar-refractivity contribution >= 4 is 5.91 Å². The number of nitrogens with one attached hydrogen (secondary N) is 1. The molecule has 2 unspecified atom stereocenters. The number of aliphatic hydroxyl groups is 1. The number of benzene rings is 1. The van der Waals surface area contributed by atoms with Crippen LogP contribution in [0, 0.1) is 11.3 Å². The lowest BCUT2D eigenvalue weighted by atomic mass is 9.66. The van der Waals surface area contributed by atoms with Gasteiger partial charge in [0.15, 0.2) is 0 Å². The van der Waals surface area contributed by atoms with Crippen molar-refractivity contribution in [3.8, 4) is 5.75 Å². The Morgan fingerprint density at radius 2 is 2.17 bits per heavy atom. The molecule has 3 rings (SSSR count). The monoisotopic (exact) mass is 332 g/mol. The van der Waals surface area contributed by atoms with Crippen molar-refractivity contribution in [3.05, 3.63) is 29.8 Å². The van der Waals surface area contributed by atoms with Crippen LogP contribution in [0.1, 0.15) is 37.0 Å². The molecule has 0 bridgehead atoms. The second-order valence-corrected chi connectivity index (χ2v) is 7.75. The summed E-state index contributed by atoms with van der Waals surface area (Å²) in [5, 5.41) is 13.5. The van der Waals surface area contributed by atoms with E-state index in [9.17, 15) is 9.90 Å². The largest absolute Gasteiger partial charge is 0.497 e. The van der Waals surface area contributed by atoms with Crippen LogP contribution in [0.2, 0.25) is 0 Å². The van der Waals surface area contributed by atoms with Gasteiger partial charge in [-0.15, -0.1) is 0 Å². The summed E-state index contributed by atoms with van der Waals surface area (Å²) in [7, 11) is 3.73. The van der Waals surface area contributed by atoms with Gasteiger partial charge in [-0.2, -0.15) is 0 Å². The van der Waals surface area contributed by atoms with E-state index in [1.807, 2.05) is 6.07 Å². The maximum absolute atomic E-state index is 12.5. The zero-order valence-electron chi connectivity index (χ0n) is 15.0. The van der Waals surface area contributed by atoms with Gasteiger partial charge in [0.2, 0.25) is 0 Å². The molecule has 5 heteroatoms. The van der Waals surface area contributed by atoms with Crippen LogP contribution in [-0.4, -0.2) is 54.8 Å². The number of likely N-dealkylation sites (tertiary alicyclic amines) is 1. The molecule has 0 radical (unpaired) electrons. The lowest BCUT2D eigenvalue weighted by Crippen LogP contribution is -2.64. The fourth-order valence-corrected chi connectivity index (χ4v) is 5.01. The lowest BCUT2D eigenvalue weighted by molar-refractivity contribution is -0.0827. The molecular formula is C19H28N2O3. The smallest absolute Gasteiger partial charge is 0.251 e. The first kappa shape index (κ1) is 17.2. The van der Waals surface area contributed by atoms with E-state index >= 15 is 0 Å². The first-order chi connectivity index (χ1) is 11.4. The molecular weight excluding hydrogens is 304 g/mol. The summed E-state index contributed by atoms with van der Waals surface area (Å²) in [6.07, 6.45) is 1.13. The number of hydrogen-bond donors (Lipinski definition) is 2. The number of amides is 1. The standard InChI is InChI=1S/C19H28N2O3/c1-12(2)17-19(11-21(17)3)9-15(16(22)10-19)20-18(23)13-6-5-7-14(8-13)24-4/h5-8,12,15-17,22H,9-11H2,1-4H3,(H,20,23)/t15-,16-,17?,19?/m1/s1. The van der Waals surface area contributed by atoms with Gasteiger partial charge < -0.3 is 20.1 Å². The predicted molar refractivity (Wildman–Crippen MR) is 93.2 cm³/mol. The van der Waals surface area contributed by atoms with Crippen molar-refractivity contribution in [3.63, 3.8) is 0 Å². The number of methoxy groups -OCH3 is 1. The summed E-state index contributed by atoms with van der Waals surface area (Å²) < 4.78 is 5.17. The molecule has 132 valence electrons. The van der Waals surface area contributed by atoms with Crippen LogP contribution in [0.25, 0.3) is 0 Å². The third kappa shape index (κ3) is 2.91. The Labute approximate surface area is 144 Å². The van der Waals surface area contributed by atoms with Gasteiger partial charge in [-0.1, -0.05) is 19.9 Å². The first-order valence-corrected chi connectivity index (χ1v) is 8.69. The Bertz CT molecular complexity index is 614. The van der Waals surface area contributed by atoms with Gasteiger partial charge >= 0.3 is 0 Å². The molecule has 1 spiro atoms. The Kier molecular flexibility index (Phi) is 4.58. The molecule has 2 aliphatic rings. The van der Waals surface area contributed by atoms with Crippen molar-refractivity contribution in [2.24, 2.45) is 11.3 Å². The number of carbonyl (C=O) groups excluding carboxylic acids is 1. The van der Waals surface area contributed by atoms with E-state index in [2.05, 4.69) is 31.1 Å². The first-order valence-electron chi connectivity index (χ1n) is 8.69. The summed E-state index contributed by atoms with van der Waals surface area (Å²) in [5.41, 5.74) is 0.697. The topological polar surface area (TPSA) is 61.8 Å². The Morgan fingerprint density at radius 3 is 2.79 bits per heavy atom. The van der Waals surface area contributed by atoms with Gasteiger partial charge in [0, 0.05) is 23.6 Å². The molecule has 1 aliphatic heterocycles. The Morgan fingerprint density at radius 1 is 1.42 bits per heavy atom. The average molecular weight is 332 g/mol. The van der Waals surface area contributed by atoms with Gasteiger partial charge in [-0.25, -0.2) is 0 Å². The van der Waals surface area contributed by atoms with Crippen LogP contribution in [0.5, 0.6) is 5.75 Å². The number of rotatable bonds is 4. The summed E-state index contributed by atoms with van der Waals surface area (Å²) >= 11 is 0. The minimum atomic E-state index is -0.477. The number of hydrogen-bond acceptors (Lipinski definition) is 4. The minimum Gasteiger partial charge on any atom is -0.497 e. The van der Waals surface area contributed by atoms with E-state index in [4.69, 9.17) is 4.74 Å². The number of nitrogens with zero attached hydrogens (tertiary/aromatic N) is 1. The lowest BCUT2D eigenvalue weighted by Gasteiger charge is -2.57. The highest BCUT2D eigenvalue weighted by Gasteiger charge is 2.58. The zero-order valence-corrected chi connectivity index (χ0v) is 15.0. The highest BCUT2D eigenvalue weighted by Crippen LogP contribution is 2.52. The van der Waals surface area contributed by atoms with Crippen LogP contribution >= 0.6 is 0 Å². The van der Waals surface area contributed by atoms with Crippen molar-refractivity contribution in [1.82, 2.24) is 10.2 Å². The molecule has 1 aromatic rings. The summed E-state index contributed by atoms with van der Waals surface area (Å²) in [6.45, 7) is 5.46. The fraction of sp³-hybridized carbons (Fsp3) is 0.632. The molecule has 5 nitrogen and oxygen atoms in total. The molecule has 1 saturated heterocycles. The molecule has 24 heavy (non-hydrogen) atoms. The second-order valence-electron chi connectivity index (χ2n) is 7.75. The summed E-state index contributed by atoms with van der Waals surface area (Å²) in [5.74, 6) is 1.05. The minimum absolute atomic E-state index is 0.134. The maximum Gasteiger partial charge on any atom is 0.251 e. The molecule has 1 aromatic carbocycles. The van der Waals surface area contributed by atoms with Gasteiger partial charge in [-0.3, -0.25) is 4.79 Å². The van der Waals surface area contributed by atoms with Gasteiger partial charge in [0.05, 0.1) is 19.3 Å². The SMILES string of the molecule is COc1cccc(C(=O)N[C@@H]2CC3(C[C@H]2O)CN(C)C3C(C)C)c1. The molecule has 1 saturated carbocycles. The molecule has 4 atom stereocenters. The van der Waals surface area contributed by atoms with Gasteiger partial charge in [-0.05, 0) is 44.0 Å². The molecule has 0 aromatic heterocycles. The number of aliphatic hydroxyl groups excluding tert-OH is 1. The van der Waals surface area contributed by atoms with E-state index in [0.29, 0.717) is 23.3 Å². The van der Waals surface area contributed by atoms with Crippen molar-refractivity contribution in [1.29, 1.82) is 0 Å². The second kappa shape index (κ2) is 6.37. The Balaban J connectivity index is 1.69. The highest BCUT2D eigenvalue weighted by atomic mass is 16.5. The third-order valence-electron chi connectivity index (χ3n) is 5.65. The van der Waals surface area contributed by atoms with E-state index < -0.39 is 6.10 Å². The highest BCUT2D eigenvalue weighted by molar-refractivity contribution is 5.94. The van der Waals surface area contributed by atoms with Crippen molar-refractivity contribution in [2.45, 2.75) is 44.9 Å². The van der Waals surface area contributed by atoms with Crippen molar-refractivity contribution < 1.29 is 14.6 Å². The third-order valence-corrected chi connectivity index (χ3v) is 5.65. The van der Waals surface area contributed by atoms with E-state index in [1.54, 1.807) is 25.3 Å². The predicted octanol–water partition coefficient (Wildman–Crippen LogP) is 1.90. The Hall–Kier alpha value is -1.59. The maximum atomic E-state index is 12.5. The van der Waals surface area contributed by atoms with Crippen molar-refractivity contribution in [2.75, 3.05) is 20.7 Å². The zero-order chi connectivity index (χ0) is 17.5. The summed E-state index contributed by atoms with van der Waals surface area (Å²) in [6, 6.07) is 7.40. The average Bonchev–Trinajstić information content (AvgIpc) is 2.84. The normalized spacial score (nSPS) is 32.8. The van der Waals surface area contributed by atoms with Crippen LogP contribution in [0.4, 0.5) is 0 Å². The molecule has 1 aliphatic carbocycles. The van der Waals surface area contributed by atoms with E-state index in [0.717, 1.165) is 19.4 Å². The number of ether oxygens (including phenoxy) is 1. The number of carbonyl (C=O) groups is 1. The van der Waals surface area contributed by atoms with E-state index in [-0.39, 0.29) is 17.4 Å².